The summed E-state index contributed by atoms with van der Waals surface area (Å²) in [5.74, 6) is -0.510. The number of halogens is 1. The largest absolute Gasteiger partial charge is 0.461 e. The molecule has 0 unspecified atom stereocenters. The molecule has 8 nitrogen and oxygen atoms in total. The van der Waals surface area contributed by atoms with E-state index in [1.165, 1.54) is 0 Å². The van der Waals surface area contributed by atoms with Crippen LogP contribution in [-0.4, -0.2) is 37.4 Å². The van der Waals surface area contributed by atoms with Crippen molar-refractivity contribution in [1.82, 2.24) is 24.8 Å². The van der Waals surface area contributed by atoms with E-state index in [1.807, 2.05) is 14.0 Å². The van der Waals surface area contributed by atoms with Gasteiger partial charge in [-0.25, -0.2) is 9.48 Å². The van der Waals surface area contributed by atoms with Gasteiger partial charge in [0.15, 0.2) is 5.69 Å². The van der Waals surface area contributed by atoms with Crippen LogP contribution in [-0.2, 0) is 24.9 Å². The van der Waals surface area contributed by atoms with E-state index < -0.39 is 5.97 Å². The molecule has 2 rings (SSSR count). The third kappa shape index (κ3) is 2.98. The maximum atomic E-state index is 11.8. The molecule has 0 aliphatic heterocycles. The molecule has 0 saturated heterocycles. The van der Waals surface area contributed by atoms with E-state index in [0.29, 0.717) is 12.2 Å². The van der Waals surface area contributed by atoms with Crippen molar-refractivity contribution in [3.63, 3.8) is 0 Å². The van der Waals surface area contributed by atoms with Crippen molar-refractivity contribution < 1.29 is 9.53 Å². The van der Waals surface area contributed by atoms with E-state index in [9.17, 15) is 4.79 Å². The van der Waals surface area contributed by atoms with Crippen molar-refractivity contribution >= 4 is 21.9 Å². The highest BCUT2D eigenvalue weighted by Crippen LogP contribution is 2.21. The van der Waals surface area contributed by atoms with Crippen LogP contribution in [0.4, 0.5) is 0 Å². The SMILES string of the molecule is CCOC(=O)c1nnn(Cc2c(Br)c(C)nn2C)c1CN. The fourth-order valence-corrected chi connectivity index (χ4v) is 2.47. The maximum absolute atomic E-state index is 11.8. The maximum Gasteiger partial charge on any atom is 0.360 e. The molecule has 0 saturated carbocycles. The van der Waals surface area contributed by atoms with E-state index in [0.717, 1.165) is 15.9 Å². The molecule has 0 fully saturated rings. The molecule has 2 heterocycles. The third-order valence-corrected chi connectivity index (χ3v) is 4.09. The number of aryl methyl sites for hydroxylation is 2. The van der Waals surface area contributed by atoms with E-state index >= 15 is 0 Å². The van der Waals surface area contributed by atoms with Crippen LogP contribution in [0.1, 0.15) is 34.5 Å². The molecule has 2 N–H and O–H groups in total. The molecule has 0 amide bonds. The monoisotopic (exact) mass is 356 g/mol. The zero-order valence-corrected chi connectivity index (χ0v) is 13.7. The van der Waals surface area contributed by atoms with Gasteiger partial charge in [0.05, 0.1) is 34.7 Å². The highest BCUT2D eigenvalue weighted by atomic mass is 79.9. The van der Waals surface area contributed by atoms with Crippen LogP contribution in [0.3, 0.4) is 0 Å². The number of nitrogens with two attached hydrogens (primary N) is 1. The Balaban J connectivity index is 2.35. The Morgan fingerprint density at radius 2 is 2.14 bits per heavy atom. The van der Waals surface area contributed by atoms with Gasteiger partial charge < -0.3 is 10.5 Å². The van der Waals surface area contributed by atoms with Crippen molar-refractivity contribution in [2.75, 3.05) is 6.61 Å². The van der Waals surface area contributed by atoms with Gasteiger partial charge in [-0.1, -0.05) is 5.21 Å². The second-order valence-corrected chi connectivity index (χ2v) is 5.23. The first-order valence-electron chi connectivity index (χ1n) is 6.47. The summed E-state index contributed by atoms with van der Waals surface area (Å²) in [6.07, 6.45) is 0. The topological polar surface area (TPSA) is 101 Å². The Morgan fingerprint density at radius 1 is 1.43 bits per heavy atom. The quantitative estimate of drug-likeness (QED) is 0.793. The Bertz CT molecular complexity index is 663. The molecule has 0 spiro atoms. The molecule has 0 atom stereocenters. The summed E-state index contributed by atoms with van der Waals surface area (Å²) in [7, 11) is 1.85. The number of hydrogen-bond donors (Lipinski definition) is 1. The molecule has 0 aliphatic rings. The molecule has 0 radical (unpaired) electrons. The molecule has 2 aromatic heterocycles. The van der Waals surface area contributed by atoms with Crippen LogP contribution >= 0.6 is 15.9 Å². The molecule has 2 aromatic rings. The first kappa shape index (κ1) is 15.6. The molecule has 114 valence electrons. The lowest BCUT2D eigenvalue weighted by Gasteiger charge is -2.07. The van der Waals surface area contributed by atoms with E-state index in [2.05, 4.69) is 31.3 Å². The number of ether oxygens (including phenoxy) is 1. The minimum atomic E-state index is -0.510. The number of carbonyl (C=O) groups excluding carboxylic acids is 1. The van der Waals surface area contributed by atoms with Crippen LogP contribution < -0.4 is 5.73 Å². The van der Waals surface area contributed by atoms with Crippen LogP contribution in [0.25, 0.3) is 0 Å². The predicted octanol–water partition coefficient (Wildman–Crippen LogP) is 0.766. The second kappa shape index (κ2) is 6.35. The van der Waals surface area contributed by atoms with E-state index in [4.69, 9.17) is 10.5 Å². The van der Waals surface area contributed by atoms with E-state index in [-0.39, 0.29) is 18.8 Å². The molecule has 0 aliphatic carbocycles. The third-order valence-electron chi connectivity index (χ3n) is 3.06. The van der Waals surface area contributed by atoms with Gasteiger partial charge in [0, 0.05) is 13.6 Å². The van der Waals surface area contributed by atoms with Gasteiger partial charge in [0.2, 0.25) is 0 Å². The zero-order valence-electron chi connectivity index (χ0n) is 12.1. The van der Waals surface area contributed by atoms with Gasteiger partial charge in [-0.15, -0.1) is 5.10 Å². The highest BCUT2D eigenvalue weighted by Gasteiger charge is 2.21. The lowest BCUT2D eigenvalue weighted by molar-refractivity contribution is 0.0518. The summed E-state index contributed by atoms with van der Waals surface area (Å²) < 4.78 is 9.20. The van der Waals surface area contributed by atoms with Gasteiger partial charge in [0.1, 0.15) is 0 Å². The number of aromatic nitrogens is 5. The number of carbonyl (C=O) groups is 1. The Labute approximate surface area is 130 Å². The van der Waals surface area contributed by atoms with Crippen LogP contribution in [0.2, 0.25) is 0 Å². The number of esters is 1. The van der Waals surface area contributed by atoms with Crippen molar-refractivity contribution in [2.24, 2.45) is 12.8 Å². The zero-order chi connectivity index (χ0) is 15.6. The molecule has 0 bridgehead atoms. The summed E-state index contributed by atoms with van der Waals surface area (Å²) in [5, 5.41) is 12.2. The summed E-state index contributed by atoms with van der Waals surface area (Å²) in [6.45, 7) is 4.48. The van der Waals surface area contributed by atoms with Gasteiger partial charge in [-0.3, -0.25) is 4.68 Å². The van der Waals surface area contributed by atoms with Crippen LogP contribution in [0.15, 0.2) is 4.47 Å². The first-order chi connectivity index (χ1) is 9.99. The summed E-state index contributed by atoms with van der Waals surface area (Å²) >= 11 is 3.50. The minimum absolute atomic E-state index is 0.148. The summed E-state index contributed by atoms with van der Waals surface area (Å²) in [6, 6.07) is 0. The predicted molar refractivity (Wildman–Crippen MR) is 78.6 cm³/mol. The second-order valence-electron chi connectivity index (χ2n) is 4.44. The van der Waals surface area contributed by atoms with E-state index in [1.54, 1.807) is 16.3 Å². The van der Waals surface area contributed by atoms with Gasteiger partial charge in [-0.2, -0.15) is 5.10 Å². The lowest BCUT2D eigenvalue weighted by atomic mass is 10.3. The Kier molecular flexibility index (Phi) is 4.73. The van der Waals surface area contributed by atoms with Crippen LogP contribution in [0.5, 0.6) is 0 Å². The smallest absolute Gasteiger partial charge is 0.360 e. The average Bonchev–Trinajstić information content (AvgIpc) is 2.95. The minimum Gasteiger partial charge on any atom is -0.461 e. The van der Waals surface area contributed by atoms with Gasteiger partial charge >= 0.3 is 5.97 Å². The fraction of sp³-hybridized carbons (Fsp3) is 0.500. The van der Waals surface area contributed by atoms with Crippen molar-refractivity contribution in [1.29, 1.82) is 0 Å². The van der Waals surface area contributed by atoms with Crippen molar-refractivity contribution in [2.45, 2.75) is 26.9 Å². The molecular formula is C12H17BrN6O2. The Morgan fingerprint density at radius 3 is 2.67 bits per heavy atom. The average molecular weight is 357 g/mol. The normalized spacial score (nSPS) is 10.9. The molecule has 0 aromatic carbocycles. The molecule has 9 heteroatoms. The molecule has 21 heavy (non-hydrogen) atoms. The summed E-state index contributed by atoms with van der Waals surface area (Å²) in [5.41, 5.74) is 8.23. The summed E-state index contributed by atoms with van der Waals surface area (Å²) in [4.78, 5) is 11.8. The molecular weight excluding hydrogens is 340 g/mol. The van der Waals surface area contributed by atoms with Crippen LogP contribution in [0, 0.1) is 6.92 Å². The van der Waals surface area contributed by atoms with Gasteiger partial charge in [0.25, 0.3) is 0 Å². The highest BCUT2D eigenvalue weighted by molar-refractivity contribution is 9.10. The number of rotatable bonds is 5. The number of hydrogen-bond acceptors (Lipinski definition) is 6. The Hall–Kier alpha value is -1.74. The van der Waals surface area contributed by atoms with Crippen molar-refractivity contribution in [3.8, 4) is 0 Å². The van der Waals surface area contributed by atoms with Gasteiger partial charge in [-0.05, 0) is 29.8 Å². The lowest BCUT2D eigenvalue weighted by Crippen LogP contribution is -2.16. The fourth-order valence-electron chi connectivity index (χ4n) is 2.01. The first-order valence-corrected chi connectivity index (χ1v) is 7.26. The number of nitrogens with zero attached hydrogens (tertiary/aromatic N) is 5. The van der Waals surface area contributed by atoms with Crippen molar-refractivity contribution in [3.05, 3.63) is 27.2 Å². The standard InChI is InChI=1S/C12H17BrN6O2/c1-4-21-12(20)11-8(5-14)19(17-15-11)6-9-10(13)7(2)16-18(9)3/h4-6,14H2,1-3H3.